The molecular weight excluding hydrogens is 314 g/mol. The van der Waals surface area contributed by atoms with Crippen LogP contribution in [-0.4, -0.2) is 29.8 Å². The van der Waals surface area contributed by atoms with E-state index in [-0.39, 0.29) is 5.78 Å². The van der Waals surface area contributed by atoms with Gasteiger partial charge in [0.2, 0.25) is 0 Å². The van der Waals surface area contributed by atoms with Crippen molar-refractivity contribution in [2.24, 2.45) is 5.92 Å². The van der Waals surface area contributed by atoms with Crippen molar-refractivity contribution in [1.29, 1.82) is 0 Å². The van der Waals surface area contributed by atoms with Gasteiger partial charge in [-0.3, -0.25) is 9.69 Å². The summed E-state index contributed by atoms with van der Waals surface area (Å²) in [6.45, 7) is 2.12. The van der Waals surface area contributed by atoms with E-state index >= 15 is 0 Å². The van der Waals surface area contributed by atoms with E-state index in [2.05, 4.69) is 20.8 Å². The predicted octanol–water partition coefficient (Wildman–Crippen LogP) is 4.29. The molecule has 1 aliphatic heterocycles. The molecule has 1 saturated heterocycles. The van der Waals surface area contributed by atoms with Crippen LogP contribution in [0.5, 0.6) is 0 Å². The smallest absolute Gasteiger partial charge is 0.165 e. The lowest BCUT2D eigenvalue weighted by Crippen LogP contribution is -2.43. The van der Waals surface area contributed by atoms with Crippen LogP contribution in [0.15, 0.2) is 28.7 Å². The summed E-state index contributed by atoms with van der Waals surface area (Å²) < 4.78 is 0.919. The van der Waals surface area contributed by atoms with Crippen molar-refractivity contribution in [2.45, 2.75) is 44.6 Å². The van der Waals surface area contributed by atoms with E-state index in [1.54, 1.807) is 0 Å². The van der Waals surface area contributed by atoms with E-state index in [1.807, 2.05) is 24.3 Å². The summed E-state index contributed by atoms with van der Waals surface area (Å²) >= 11 is 3.47. The van der Waals surface area contributed by atoms with Crippen LogP contribution in [0.1, 0.15) is 48.9 Å². The van der Waals surface area contributed by atoms with Crippen molar-refractivity contribution < 1.29 is 4.79 Å². The SMILES string of the molecule is O=C(CCN1CCCC2CCCC21)c1ccccc1Br. The van der Waals surface area contributed by atoms with Crippen LogP contribution in [0, 0.1) is 5.92 Å². The number of nitrogens with zero attached hydrogens (tertiary/aromatic N) is 1. The number of halogens is 1. The molecule has 0 amide bonds. The molecule has 2 atom stereocenters. The summed E-state index contributed by atoms with van der Waals surface area (Å²) in [7, 11) is 0. The Morgan fingerprint density at radius 2 is 2.00 bits per heavy atom. The summed E-state index contributed by atoms with van der Waals surface area (Å²) in [4.78, 5) is 14.9. The Hall–Kier alpha value is -0.670. The van der Waals surface area contributed by atoms with Gasteiger partial charge in [-0.15, -0.1) is 0 Å². The molecule has 3 rings (SSSR count). The summed E-state index contributed by atoms with van der Waals surface area (Å²) in [5.74, 6) is 1.17. The van der Waals surface area contributed by atoms with Crippen molar-refractivity contribution >= 4 is 21.7 Å². The number of carbonyl (C=O) groups is 1. The summed E-state index contributed by atoms with van der Waals surface area (Å²) in [6.07, 6.45) is 7.48. The van der Waals surface area contributed by atoms with Gasteiger partial charge >= 0.3 is 0 Å². The first kappa shape index (κ1) is 14.3. The highest BCUT2D eigenvalue weighted by molar-refractivity contribution is 9.10. The standard InChI is InChI=1S/C17H22BrNO/c18-15-8-2-1-7-14(15)17(20)10-12-19-11-4-6-13-5-3-9-16(13)19/h1-2,7-8,13,16H,3-6,9-12H2. The van der Waals surface area contributed by atoms with Crippen molar-refractivity contribution in [2.75, 3.05) is 13.1 Å². The molecule has 0 N–H and O–H groups in total. The second kappa shape index (κ2) is 6.40. The van der Waals surface area contributed by atoms with E-state index < -0.39 is 0 Å². The Morgan fingerprint density at radius 1 is 1.20 bits per heavy atom. The van der Waals surface area contributed by atoms with Crippen molar-refractivity contribution in [1.82, 2.24) is 4.90 Å². The van der Waals surface area contributed by atoms with Crippen molar-refractivity contribution in [3.8, 4) is 0 Å². The lowest BCUT2D eigenvalue weighted by molar-refractivity contribution is 0.0875. The first-order valence-corrected chi connectivity index (χ1v) is 8.57. The second-order valence-corrected chi connectivity index (χ2v) is 6.94. The third-order valence-corrected chi connectivity index (χ3v) is 5.60. The molecule has 0 aromatic heterocycles. The number of benzene rings is 1. The van der Waals surface area contributed by atoms with Gasteiger partial charge in [0, 0.05) is 29.0 Å². The second-order valence-electron chi connectivity index (χ2n) is 6.09. The lowest BCUT2D eigenvalue weighted by atomic mass is 9.91. The third kappa shape index (κ3) is 2.99. The number of rotatable bonds is 4. The van der Waals surface area contributed by atoms with E-state index in [0.717, 1.165) is 28.5 Å². The Morgan fingerprint density at radius 3 is 2.85 bits per heavy atom. The van der Waals surface area contributed by atoms with Gasteiger partial charge in [-0.1, -0.05) is 40.5 Å². The van der Waals surface area contributed by atoms with Gasteiger partial charge in [0.1, 0.15) is 0 Å². The Balaban J connectivity index is 1.59. The molecule has 0 spiro atoms. The summed E-state index contributed by atoms with van der Waals surface area (Å²) in [5, 5.41) is 0. The van der Waals surface area contributed by atoms with E-state index in [1.165, 1.54) is 38.6 Å². The number of carbonyl (C=O) groups excluding carboxylic acids is 1. The molecule has 1 aliphatic carbocycles. The van der Waals surface area contributed by atoms with Gasteiger partial charge in [-0.2, -0.15) is 0 Å². The fraction of sp³-hybridized carbons (Fsp3) is 0.588. The number of likely N-dealkylation sites (tertiary alicyclic amines) is 1. The highest BCUT2D eigenvalue weighted by atomic mass is 79.9. The van der Waals surface area contributed by atoms with Crippen LogP contribution in [0.4, 0.5) is 0 Å². The maximum absolute atomic E-state index is 12.3. The molecule has 1 aromatic rings. The Kier molecular flexibility index (Phi) is 4.57. The summed E-state index contributed by atoms with van der Waals surface area (Å²) in [5.41, 5.74) is 0.826. The average Bonchev–Trinajstić information content (AvgIpc) is 2.94. The van der Waals surface area contributed by atoms with Gasteiger partial charge in [-0.25, -0.2) is 0 Å². The molecule has 2 nitrogen and oxygen atoms in total. The largest absolute Gasteiger partial charge is 0.300 e. The highest BCUT2D eigenvalue weighted by Gasteiger charge is 2.34. The molecule has 2 fully saturated rings. The molecule has 20 heavy (non-hydrogen) atoms. The minimum absolute atomic E-state index is 0.262. The fourth-order valence-electron chi connectivity index (χ4n) is 3.90. The molecule has 0 radical (unpaired) electrons. The molecular formula is C17H22BrNO. The van der Waals surface area contributed by atoms with E-state index in [0.29, 0.717) is 6.42 Å². The van der Waals surface area contributed by atoms with Gasteiger partial charge in [0.25, 0.3) is 0 Å². The zero-order valence-corrected chi connectivity index (χ0v) is 13.4. The number of hydrogen-bond acceptors (Lipinski definition) is 2. The van der Waals surface area contributed by atoms with Crippen LogP contribution in [-0.2, 0) is 0 Å². The topological polar surface area (TPSA) is 20.3 Å². The molecule has 0 bridgehead atoms. The van der Waals surface area contributed by atoms with E-state index in [4.69, 9.17) is 0 Å². The van der Waals surface area contributed by atoms with Gasteiger partial charge in [0.05, 0.1) is 0 Å². The minimum atomic E-state index is 0.262. The number of hydrogen-bond donors (Lipinski definition) is 0. The van der Waals surface area contributed by atoms with Crippen molar-refractivity contribution in [3.05, 3.63) is 34.3 Å². The lowest BCUT2D eigenvalue weighted by Gasteiger charge is -2.37. The Labute approximate surface area is 129 Å². The molecule has 3 heteroatoms. The maximum Gasteiger partial charge on any atom is 0.165 e. The molecule has 2 aliphatic rings. The Bertz CT molecular complexity index is 488. The van der Waals surface area contributed by atoms with Gasteiger partial charge in [0.15, 0.2) is 5.78 Å². The van der Waals surface area contributed by atoms with Crippen LogP contribution in [0.2, 0.25) is 0 Å². The fourth-order valence-corrected chi connectivity index (χ4v) is 4.41. The highest BCUT2D eigenvalue weighted by Crippen LogP contribution is 2.36. The van der Waals surface area contributed by atoms with Gasteiger partial charge < -0.3 is 0 Å². The first-order chi connectivity index (χ1) is 9.75. The van der Waals surface area contributed by atoms with Crippen LogP contribution >= 0.6 is 15.9 Å². The molecule has 1 aromatic carbocycles. The van der Waals surface area contributed by atoms with Crippen molar-refractivity contribution in [3.63, 3.8) is 0 Å². The number of fused-ring (bicyclic) bond motifs is 1. The van der Waals surface area contributed by atoms with Crippen LogP contribution in [0.3, 0.4) is 0 Å². The summed E-state index contributed by atoms with van der Waals surface area (Å²) in [6, 6.07) is 8.51. The zero-order valence-electron chi connectivity index (χ0n) is 11.9. The van der Waals surface area contributed by atoms with Gasteiger partial charge in [-0.05, 0) is 44.2 Å². The molecule has 108 valence electrons. The first-order valence-electron chi connectivity index (χ1n) is 7.77. The normalized spacial score (nSPS) is 26.4. The van der Waals surface area contributed by atoms with E-state index in [9.17, 15) is 4.79 Å². The minimum Gasteiger partial charge on any atom is -0.300 e. The molecule has 2 unspecified atom stereocenters. The van der Waals surface area contributed by atoms with Crippen LogP contribution < -0.4 is 0 Å². The third-order valence-electron chi connectivity index (χ3n) is 4.91. The molecule has 1 saturated carbocycles. The number of piperidine rings is 1. The quantitative estimate of drug-likeness (QED) is 0.765. The molecule has 1 heterocycles. The predicted molar refractivity (Wildman–Crippen MR) is 85.0 cm³/mol. The average molecular weight is 336 g/mol. The number of Topliss-reactive ketones (excluding diaryl/α,β-unsaturated/α-hetero) is 1. The monoisotopic (exact) mass is 335 g/mol. The maximum atomic E-state index is 12.3. The zero-order chi connectivity index (χ0) is 13.9. The van der Waals surface area contributed by atoms with Crippen LogP contribution in [0.25, 0.3) is 0 Å². The number of ketones is 1.